The van der Waals surface area contributed by atoms with Gasteiger partial charge in [0.1, 0.15) is 17.6 Å². The Morgan fingerprint density at radius 1 is 1.16 bits per heavy atom. The zero-order valence-electron chi connectivity index (χ0n) is 21.4. The van der Waals surface area contributed by atoms with Crippen LogP contribution in [0.5, 0.6) is 11.5 Å². The molecule has 0 fully saturated rings. The Morgan fingerprint density at radius 2 is 1.89 bits per heavy atom. The lowest BCUT2D eigenvalue weighted by atomic mass is 9.96. The summed E-state index contributed by atoms with van der Waals surface area (Å²) in [4.78, 5) is 43.3. The third kappa shape index (κ3) is 4.72. The lowest BCUT2D eigenvalue weighted by molar-refractivity contribution is -0.139. The number of hydrogen-bond donors (Lipinski definition) is 0. The lowest BCUT2D eigenvalue weighted by Gasteiger charge is -2.24. The monoisotopic (exact) mass is 530 g/mol. The molecule has 38 heavy (non-hydrogen) atoms. The molecule has 5 rings (SSSR count). The Hall–Kier alpha value is -4.24. The van der Waals surface area contributed by atoms with E-state index in [-0.39, 0.29) is 23.8 Å². The van der Waals surface area contributed by atoms with Gasteiger partial charge < -0.3 is 14.2 Å². The van der Waals surface area contributed by atoms with Crippen LogP contribution in [0.3, 0.4) is 0 Å². The fourth-order valence-electron chi connectivity index (χ4n) is 4.56. The number of para-hydroxylation sites is 1. The highest BCUT2D eigenvalue weighted by atomic mass is 32.1. The SMILES string of the molecule is CCOC(=O)C1=C(C)N=c2s/c(=C\C3=Cc4ccccc4O[C@@H]3C)c(=O)n2[C@@H]1c1ccc(OC(C)=O)cc1. The molecule has 2 aromatic carbocycles. The van der Waals surface area contributed by atoms with Crippen molar-refractivity contribution in [1.82, 2.24) is 4.57 Å². The van der Waals surface area contributed by atoms with Crippen molar-refractivity contribution >= 4 is 35.4 Å². The highest BCUT2D eigenvalue weighted by Crippen LogP contribution is 2.32. The van der Waals surface area contributed by atoms with Gasteiger partial charge in [0.15, 0.2) is 4.80 Å². The fourth-order valence-corrected chi connectivity index (χ4v) is 5.61. The summed E-state index contributed by atoms with van der Waals surface area (Å²) in [6.45, 7) is 6.91. The molecule has 3 aromatic rings. The smallest absolute Gasteiger partial charge is 0.338 e. The van der Waals surface area contributed by atoms with Gasteiger partial charge in [0, 0.05) is 12.5 Å². The number of nitrogens with zero attached hydrogens (tertiary/aromatic N) is 2. The Labute approximate surface area is 222 Å². The van der Waals surface area contributed by atoms with Crippen molar-refractivity contribution in [2.75, 3.05) is 6.61 Å². The third-order valence-electron chi connectivity index (χ3n) is 6.29. The summed E-state index contributed by atoms with van der Waals surface area (Å²) in [6.07, 6.45) is 3.60. The maximum atomic E-state index is 13.8. The van der Waals surface area contributed by atoms with Crippen LogP contribution in [0.15, 0.2) is 75.2 Å². The molecule has 1 aromatic heterocycles. The topological polar surface area (TPSA) is 96.2 Å². The van der Waals surface area contributed by atoms with E-state index in [1.165, 1.54) is 22.8 Å². The summed E-state index contributed by atoms with van der Waals surface area (Å²) in [6, 6.07) is 13.7. The normalized spacial score (nSPS) is 18.5. The highest BCUT2D eigenvalue weighted by molar-refractivity contribution is 7.07. The molecule has 2 aliphatic heterocycles. The van der Waals surface area contributed by atoms with Gasteiger partial charge >= 0.3 is 11.9 Å². The van der Waals surface area contributed by atoms with Gasteiger partial charge in [0.2, 0.25) is 0 Å². The van der Waals surface area contributed by atoms with Crippen LogP contribution in [0.1, 0.15) is 44.9 Å². The number of allylic oxidation sites excluding steroid dienone is 1. The molecule has 0 aliphatic carbocycles. The van der Waals surface area contributed by atoms with E-state index in [9.17, 15) is 14.4 Å². The van der Waals surface area contributed by atoms with Crippen LogP contribution in [-0.2, 0) is 14.3 Å². The number of carbonyl (C=O) groups is 2. The summed E-state index contributed by atoms with van der Waals surface area (Å²) in [5, 5.41) is 0. The van der Waals surface area contributed by atoms with Crippen LogP contribution in [0.4, 0.5) is 0 Å². The molecule has 2 aliphatic rings. The summed E-state index contributed by atoms with van der Waals surface area (Å²) in [5.41, 5.74) is 2.95. The number of thiazole rings is 1. The van der Waals surface area contributed by atoms with Crippen LogP contribution in [0.25, 0.3) is 12.2 Å². The van der Waals surface area contributed by atoms with E-state index in [1.54, 1.807) is 38.1 Å². The predicted octanol–water partition coefficient (Wildman–Crippen LogP) is 3.54. The summed E-state index contributed by atoms with van der Waals surface area (Å²) in [7, 11) is 0. The van der Waals surface area contributed by atoms with Crippen molar-refractivity contribution in [2.24, 2.45) is 4.99 Å². The number of ether oxygens (including phenoxy) is 3. The summed E-state index contributed by atoms with van der Waals surface area (Å²) >= 11 is 1.26. The lowest BCUT2D eigenvalue weighted by Crippen LogP contribution is -2.40. The first kappa shape index (κ1) is 25.4. The Morgan fingerprint density at radius 3 is 2.61 bits per heavy atom. The van der Waals surface area contributed by atoms with E-state index in [0.29, 0.717) is 26.3 Å². The minimum atomic E-state index is -0.756. The van der Waals surface area contributed by atoms with Gasteiger partial charge in [-0.25, -0.2) is 9.79 Å². The van der Waals surface area contributed by atoms with E-state index in [2.05, 4.69) is 4.99 Å². The van der Waals surface area contributed by atoms with Gasteiger partial charge in [-0.3, -0.25) is 14.2 Å². The molecule has 0 saturated carbocycles. The van der Waals surface area contributed by atoms with Crippen LogP contribution < -0.4 is 24.4 Å². The molecule has 0 saturated heterocycles. The fraction of sp³-hybridized carbons (Fsp3) is 0.241. The van der Waals surface area contributed by atoms with Gasteiger partial charge in [-0.1, -0.05) is 41.7 Å². The van der Waals surface area contributed by atoms with Gasteiger partial charge in [-0.05, 0) is 62.3 Å². The molecule has 0 unspecified atom stereocenters. The molecule has 0 radical (unpaired) electrons. The molecule has 2 atom stereocenters. The maximum absolute atomic E-state index is 13.8. The molecule has 0 spiro atoms. The van der Waals surface area contributed by atoms with Crippen LogP contribution in [-0.4, -0.2) is 29.2 Å². The van der Waals surface area contributed by atoms with Crippen molar-refractivity contribution in [1.29, 1.82) is 0 Å². The predicted molar refractivity (Wildman–Crippen MR) is 144 cm³/mol. The standard InChI is InChI=1S/C29H26N2O6S/c1-5-35-28(34)25-16(2)30-29-31(26(25)19-10-12-22(13-11-19)37-18(4)32)27(33)24(38-29)15-21-14-20-8-6-7-9-23(20)36-17(21)3/h6-15,17,26H,5H2,1-4H3/b24-15-/t17-,26-/m1/s1. The minimum absolute atomic E-state index is 0.186. The molecular weight excluding hydrogens is 504 g/mol. The molecular formula is C29H26N2O6S. The van der Waals surface area contributed by atoms with Crippen molar-refractivity contribution in [3.63, 3.8) is 0 Å². The minimum Gasteiger partial charge on any atom is -0.485 e. The van der Waals surface area contributed by atoms with Crippen molar-refractivity contribution in [2.45, 2.75) is 39.8 Å². The number of hydrogen-bond acceptors (Lipinski definition) is 8. The Balaban J connectivity index is 1.66. The maximum Gasteiger partial charge on any atom is 0.338 e. The average Bonchev–Trinajstić information content (AvgIpc) is 3.18. The summed E-state index contributed by atoms with van der Waals surface area (Å²) in [5.74, 6) is 0.188. The Bertz CT molecular complexity index is 1680. The van der Waals surface area contributed by atoms with E-state index in [0.717, 1.165) is 16.9 Å². The van der Waals surface area contributed by atoms with Crippen LogP contribution >= 0.6 is 11.3 Å². The zero-order chi connectivity index (χ0) is 27.0. The average molecular weight is 531 g/mol. The highest BCUT2D eigenvalue weighted by Gasteiger charge is 2.33. The second-order valence-corrected chi connectivity index (χ2v) is 9.92. The zero-order valence-corrected chi connectivity index (χ0v) is 22.2. The van der Waals surface area contributed by atoms with Crippen molar-refractivity contribution < 1.29 is 23.8 Å². The van der Waals surface area contributed by atoms with Crippen molar-refractivity contribution in [3.05, 3.63) is 96.2 Å². The van der Waals surface area contributed by atoms with E-state index >= 15 is 0 Å². The molecule has 0 N–H and O–H groups in total. The quantitative estimate of drug-likeness (QED) is 0.370. The van der Waals surface area contributed by atoms with Crippen LogP contribution in [0.2, 0.25) is 0 Å². The van der Waals surface area contributed by atoms with Gasteiger partial charge in [-0.2, -0.15) is 0 Å². The molecule has 3 heterocycles. The largest absolute Gasteiger partial charge is 0.485 e. The number of aromatic nitrogens is 1. The molecule has 8 nitrogen and oxygen atoms in total. The van der Waals surface area contributed by atoms with Crippen molar-refractivity contribution in [3.8, 4) is 11.5 Å². The third-order valence-corrected chi connectivity index (χ3v) is 7.27. The summed E-state index contributed by atoms with van der Waals surface area (Å²) < 4.78 is 18.5. The molecule has 0 bridgehead atoms. The molecule has 194 valence electrons. The van der Waals surface area contributed by atoms with E-state index in [4.69, 9.17) is 14.2 Å². The first-order chi connectivity index (χ1) is 18.3. The number of fused-ring (bicyclic) bond motifs is 2. The first-order valence-electron chi connectivity index (χ1n) is 12.2. The van der Waals surface area contributed by atoms with Gasteiger partial charge in [0.05, 0.1) is 28.5 Å². The van der Waals surface area contributed by atoms with Gasteiger partial charge in [0.25, 0.3) is 5.56 Å². The Kier molecular flexibility index (Phi) is 6.86. The second-order valence-electron chi connectivity index (χ2n) is 8.91. The van der Waals surface area contributed by atoms with E-state index in [1.807, 2.05) is 43.3 Å². The van der Waals surface area contributed by atoms with Gasteiger partial charge in [-0.15, -0.1) is 0 Å². The second kappa shape index (κ2) is 10.3. The number of carbonyl (C=O) groups excluding carboxylic acids is 2. The number of esters is 2. The first-order valence-corrected chi connectivity index (χ1v) is 13.0. The van der Waals surface area contributed by atoms with E-state index < -0.39 is 18.0 Å². The molecule has 0 amide bonds. The molecule has 9 heteroatoms. The number of benzene rings is 2. The van der Waals surface area contributed by atoms with Crippen LogP contribution in [0, 0.1) is 0 Å². The number of rotatable bonds is 5.